The van der Waals surface area contributed by atoms with E-state index in [1.54, 1.807) is 14.0 Å². The van der Waals surface area contributed by atoms with Gasteiger partial charge in [0.2, 0.25) is 10.0 Å². The van der Waals surface area contributed by atoms with Crippen LogP contribution in [0.3, 0.4) is 0 Å². The van der Waals surface area contributed by atoms with E-state index in [0.29, 0.717) is 0 Å². The summed E-state index contributed by atoms with van der Waals surface area (Å²) in [6.45, 7) is 4.93. The average molecular weight is 303 g/mol. The van der Waals surface area contributed by atoms with Crippen molar-refractivity contribution in [2.75, 3.05) is 13.1 Å². The molecule has 0 aliphatic rings. The first kappa shape index (κ1) is 16.7. The van der Waals surface area contributed by atoms with Gasteiger partial charge in [0, 0.05) is 26.3 Å². The predicted molar refractivity (Wildman–Crippen MR) is 74.7 cm³/mol. The average Bonchev–Trinajstić information content (AvgIpc) is 2.67. The van der Waals surface area contributed by atoms with Crippen LogP contribution in [0.1, 0.15) is 31.3 Å². The highest BCUT2D eigenvalue weighted by atomic mass is 32.2. The number of hydrogen-bond acceptors (Lipinski definition) is 4. The Kier molecular flexibility index (Phi) is 4.62. The summed E-state index contributed by atoms with van der Waals surface area (Å²) < 4.78 is 27.5. The number of amides is 1. The minimum Gasteiger partial charge on any atom is -0.389 e. The van der Waals surface area contributed by atoms with E-state index in [9.17, 15) is 18.3 Å². The third kappa shape index (κ3) is 3.59. The van der Waals surface area contributed by atoms with E-state index >= 15 is 0 Å². The number of aliphatic hydroxyl groups is 1. The molecule has 0 fully saturated rings. The topological polar surface area (TPSA) is 106 Å². The monoisotopic (exact) mass is 303 g/mol. The van der Waals surface area contributed by atoms with Crippen LogP contribution in [-0.2, 0) is 17.1 Å². The van der Waals surface area contributed by atoms with Crippen LogP contribution in [0.2, 0.25) is 0 Å². The second-order valence-corrected chi connectivity index (χ2v) is 7.22. The van der Waals surface area contributed by atoms with Crippen molar-refractivity contribution >= 4 is 15.9 Å². The van der Waals surface area contributed by atoms with Gasteiger partial charge in [-0.3, -0.25) is 4.79 Å². The summed E-state index contributed by atoms with van der Waals surface area (Å²) in [7, 11) is -2.23. The zero-order valence-corrected chi connectivity index (χ0v) is 12.9. The number of nitrogens with zero attached hydrogens (tertiary/aromatic N) is 2. The van der Waals surface area contributed by atoms with Crippen LogP contribution < -0.4 is 5.73 Å². The molecule has 0 bridgehead atoms. The molecule has 0 unspecified atom stereocenters. The molecule has 1 aromatic rings. The lowest BCUT2D eigenvalue weighted by Gasteiger charge is -2.26. The number of hydrogen-bond donors (Lipinski definition) is 2. The number of sulfonamides is 1. The van der Waals surface area contributed by atoms with Crippen molar-refractivity contribution in [2.45, 2.75) is 31.3 Å². The first-order chi connectivity index (χ1) is 8.99. The summed E-state index contributed by atoms with van der Waals surface area (Å²) in [6.07, 6.45) is 1.34. The van der Waals surface area contributed by atoms with Gasteiger partial charge in [0.1, 0.15) is 10.6 Å². The Balaban J connectivity index is 3.21. The lowest BCUT2D eigenvalue weighted by molar-refractivity contribution is 0.0601. The maximum atomic E-state index is 12.5. The molecule has 0 saturated carbocycles. The third-order valence-corrected chi connectivity index (χ3v) is 4.67. The summed E-state index contributed by atoms with van der Waals surface area (Å²) in [5.74, 6) is -0.695. The number of nitrogens with two attached hydrogens (primary N) is 1. The molecule has 8 heteroatoms. The highest BCUT2D eigenvalue weighted by Crippen LogP contribution is 2.20. The van der Waals surface area contributed by atoms with Gasteiger partial charge in [-0.15, -0.1) is 0 Å². The molecule has 114 valence electrons. The van der Waals surface area contributed by atoms with Gasteiger partial charge in [0.05, 0.1) is 5.60 Å². The molecule has 7 nitrogen and oxygen atoms in total. The van der Waals surface area contributed by atoms with Crippen LogP contribution in [0.4, 0.5) is 0 Å². The van der Waals surface area contributed by atoms with Crippen LogP contribution in [0.5, 0.6) is 0 Å². The van der Waals surface area contributed by atoms with Crippen molar-refractivity contribution in [1.82, 2.24) is 8.87 Å². The van der Waals surface area contributed by atoms with Gasteiger partial charge in [-0.05, 0) is 19.9 Å². The minimum atomic E-state index is -3.77. The van der Waals surface area contributed by atoms with E-state index in [-0.39, 0.29) is 23.7 Å². The lowest BCUT2D eigenvalue weighted by atomic mass is 10.1. The van der Waals surface area contributed by atoms with E-state index in [4.69, 9.17) is 5.73 Å². The Morgan fingerprint density at radius 2 is 2.05 bits per heavy atom. The fourth-order valence-electron chi connectivity index (χ4n) is 1.87. The predicted octanol–water partition coefficient (Wildman–Crippen LogP) is -0.0945. The summed E-state index contributed by atoms with van der Waals surface area (Å²) in [4.78, 5) is 11.2. The molecular weight excluding hydrogens is 282 g/mol. The van der Waals surface area contributed by atoms with E-state index in [2.05, 4.69) is 0 Å². The first-order valence-corrected chi connectivity index (χ1v) is 7.61. The number of aromatic nitrogens is 1. The molecular formula is C12H21N3O4S. The molecule has 1 aromatic heterocycles. The molecule has 1 rings (SSSR count). The number of aryl methyl sites for hydroxylation is 1. The lowest BCUT2D eigenvalue weighted by Crippen LogP contribution is -2.41. The summed E-state index contributed by atoms with van der Waals surface area (Å²) in [5, 5.41) is 9.79. The maximum Gasteiger partial charge on any atom is 0.265 e. The molecule has 0 atom stereocenters. The molecule has 20 heavy (non-hydrogen) atoms. The third-order valence-electron chi connectivity index (χ3n) is 2.79. The summed E-state index contributed by atoms with van der Waals surface area (Å²) >= 11 is 0. The number of carbonyl (C=O) groups is 1. The molecule has 0 aliphatic carbocycles. The van der Waals surface area contributed by atoms with Gasteiger partial charge in [0.25, 0.3) is 5.91 Å². The highest BCUT2D eigenvalue weighted by molar-refractivity contribution is 7.89. The normalized spacial score (nSPS) is 12.9. The van der Waals surface area contributed by atoms with Crippen molar-refractivity contribution in [3.63, 3.8) is 0 Å². The van der Waals surface area contributed by atoms with Gasteiger partial charge in [-0.25, -0.2) is 8.42 Å². The zero-order valence-electron chi connectivity index (χ0n) is 12.1. The molecule has 0 radical (unpaired) electrons. The Hall–Kier alpha value is -1.38. The van der Waals surface area contributed by atoms with Crippen molar-refractivity contribution in [2.24, 2.45) is 12.8 Å². The van der Waals surface area contributed by atoms with E-state index in [0.717, 1.165) is 4.31 Å². The van der Waals surface area contributed by atoms with Crippen LogP contribution in [0, 0.1) is 0 Å². The number of rotatable bonds is 6. The first-order valence-electron chi connectivity index (χ1n) is 6.17. The van der Waals surface area contributed by atoms with Gasteiger partial charge < -0.3 is 15.4 Å². The van der Waals surface area contributed by atoms with Crippen LogP contribution in [-0.4, -0.2) is 47.0 Å². The zero-order chi connectivity index (χ0) is 15.7. The SMILES string of the molecule is CCN(CC(C)(C)O)S(=O)(=O)c1cc(C(N)=O)n(C)c1. The second kappa shape index (κ2) is 5.55. The van der Waals surface area contributed by atoms with Crippen molar-refractivity contribution < 1.29 is 18.3 Å². The van der Waals surface area contributed by atoms with Gasteiger partial charge in [-0.2, -0.15) is 4.31 Å². The molecule has 3 N–H and O–H groups in total. The van der Waals surface area contributed by atoms with E-state index in [1.807, 2.05) is 0 Å². The molecule has 1 amide bonds. The largest absolute Gasteiger partial charge is 0.389 e. The fourth-order valence-corrected chi connectivity index (χ4v) is 3.54. The quantitative estimate of drug-likeness (QED) is 0.765. The van der Waals surface area contributed by atoms with Gasteiger partial charge in [0.15, 0.2) is 0 Å². The molecule has 0 aliphatic heterocycles. The molecule has 0 saturated heterocycles. The molecule has 0 aromatic carbocycles. The minimum absolute atomic E-state index is 0.0140. The highest BCUT2D eigenvalue weighted by Gasteiger charge is 2.30. The number of carbonyl (C=O) groups excluding carboxylic acids is 1. The fraction of sp³-hybridized carbons (Fsp3) is 0.583. The summed E-state index contributed by atoms with van der Waals surface area (Å²) in [5.41, 5.74) is 4.14. The maximum absolute atomic E-state index is 12.5. The van der Waals surface area contributed by atoms with E-state index in [1.165, 1.54) is 30.7 Å². The van der Waals surface area contributed by atoms with Crippen LogP contribution in [0.15, 0.2) is 17.2 Å². The molecule has 1 heterocycles. The standard InChI is InChI=1S/C12H21N3O4S/c1-5-15(8-12(2,3)17)20(18,19)9-6-10(11(13)16)14(4)7-9/h6-7,17H,5,8H2,1-4H3,(H2,13,16). The van der Waals surface area contributed by atoms with E-state index < -0.39 is 21.5 Å². The summed E-state index contributed by atoms with van der Waals surface area (Å²) in [6, 6.07) is 1.24. The van der Waals surface area contributed by atoms with Crippen molar-refractivity contribution in [1.29, 1.82) is 0 Å². The number of primary amides is 1. The van der Waals surface area contributed by atoms with Crippen molar-refractivity contribution in [3.8, 4) is 0 Å². The molecule has 0 spiro atoms. The Morgan fingerprint density at radius 1 is 1.50 bits per heavy atom. The Labute approximate surface area is 119 Å². The van der Waals surface area contributed by atoms with Gasteiger partial charge in [-0.1, -0.05) is 6.92 Å². The van der Waals surface area contributed by atoms with Crippen LogP contribution in [0.25, 0.3) is 0 Å². The Bertz CT molecular complexity index is 599. The smallest absolute Gasteiger partial charge is 0.265 e. The van der Waals surface area contributed by atoms with Crippen molar-refractivity contribution in [3.05, 3.63) is 18.0 Å². The Morgan fingerprint density at radius 3 is 2.40 bits per heavy atom. The van der Waals surface area contributed by atoms with Crippen LogP contribution >= 0.6 is 0 Å². The second-order valence-electron chi connectivity index (χ2n) is 5.28. The van der Waals surface area contributed by atoms with Gasteiger partial charge >= 0.3 is 0 Å². The number of likely N-dealkylation sites (N-methyl/N-ethyl adjacent to an activating group) is 1.